The zero-order valence-corrected chi connectivity index (χ0v) is 15.0. The minimum atomic E-state index is -0.567. The monoisotopic (exact) mass is 372 g/mol. The third-order valence-electron chi connectivity index (χ3n) is 4.47. The molecule has 0 saturated carbocycles. The molecule has 0 radical (unpaired) electrons. The second-order valence-electron chi connectivity index (χ2n) is 6.52. The topological polar surface area (TPSA) is 41.1 Å². The molecule has 120 valence electrons. The molecule has 3 rings (SSSR count). The maximum atomic E-state index is 12.6. The molecule has 0 aliphatic carbocycles. The number of rotatable bonds is 4. The first-order valence-electron chi connectivity index (χ1n) is 7.82. The Balaban J connectivity index is 1.69. The van der Waals surface area contributed by atoms with E-state index in [-0.39, 0.29) is 5.91 Å². The van der Waals surface area contributed by atoms with E-state index >= 15 is 0 Å². The van der Waals surface area contributed by atoms with Gasteiger partial charge in [-0.05, 0) is 48.2 Å². The fourth-order valence-corrected chi connectivity index (χ4v) is 3.27. The predicted octanol–water partition coefficient (Wildman–Crippen LogP) is 3.65. The van der Waals surface area contributed by atoms with Crippen LogP contribution in [0, 0.1) is 0 Å². The van der Waals surface area contributed by atoms with Crippen molar-refractivity contribution >= 4 is 21.8 Å². The van der Waals surface area contributed by atoms with Gasteiger partial charge in [-0.25, -0.2) is 0 Å². The van der Waals surface area contributed by atoms with Crippen molar-refractivity contribution < 1.29 is 4.79 Å². The molecule has 0 spiro atoms. The number of carbonyl (C=O) groups is 1. The molecule has 3 nitrogen and oxygen atoms in total. The van der Waals surface area contributed by atoms with Crippen molar-refractivity contribution in [2.45, 2.75) is 38.9 Å². The molecule has 4 heteroatoms. The SMILES string of the molecule is CC(C)(C(=O)NCc1ccc2c(c1)CNC2)c1cccc(Br)c1. The number of hydrogen-bond donors (Lipinski definition) is 2. The van der Waals surface area contributed by atoms with E-state index in [1.165, 1.54) is 11.1 Å². The molecule has 0 aromatic heterocycles. The molecule has 23 heavy (non-hydrogen) atoms. The van der Waals surface area contributed by atoms with E-state index in [1.54, 1.807) is 0 Å². The lowest BCUT2D eigenvalue weighted by Gasteiger charge is -2.24. The first-order chi connectivity index (χ1) is 11.0. The summed E-state index contributed by atoms with van der Waals surface area (Å²) < 4.78 is 0.988. The minimum Gasteiger partial charge on any atom is -0.351 e. The van der Waals surface area contributed by atoms with Crippen LogP contribution in [0.25, 0.3) is 0 Å². The second-order valence-corrected chi connectivity index (χ2v) is 7.44. The lowest BCUT2D eigenvalue weighted by atomic mass is 9.83. The molecule has 1 amide bonds. The van der Waals surface area contributed by atoms with Crippen LogP contribution in [-0.2, 0) is 29.8 Å². The van der Waals surface area contributed by atoms with Crippen LogP contribution >= 0.6 is 15.9 Å². The average Bonchev–Trinajstić information content (AvgIpc) is 3.00. The van der Waals surface area contributed by atoms with Gasteiger partial charge >= 0.3 is 0 Å². The number of benzene rings is 2. The number of fused-ring (bicyclic) bond motifs is 1. The van der Waals surface area contributed by atoms with Crippen LogP contribution in [0.1, 0.15) is 36.1 Å². The number of nitrogens with one attached hydrogen (secondary N) is 2. The Hall–Kier alpha value is -1.65. The summed E-state index contributed by atoms with van der Waals surface area (Å²) in [6.45, 7) is 6.33. The lowest BCUT2D eigenvalue weighted by molar-refractivity contribution is -0.125. The molecule has 1 aliphatic rings. The number of halogens is 1. The van der Waals surface area contributed by atoms with E-state index in [0.717, 1.165) is 28.7 Å². The standard InChI is InChI=1S/C19H21BrN2O/c1-19(2,16-4-3-5-17(20)9-16)18(23)22-10-13-6-7-14-11-21-12-15(14)8-13/h3-9,21H,10-12H2,1-2H3,(H,22,23). The smallest absolute Gasteiger partial charge is 0.230 e. The van der Waals surface area contributed by atoms with Gasteiger partial charge in [0.15, 0.2) is 0 Å². The molecule has 1 aliphatic heterocycles. The van der Waals surface area contributed by atoms with E-state index in [4.69, 9.17) is 0 Å². The average molecular weight is 373 g/mol. The summed E-state index contributed by atoms with van der Waals surface area (Å²) in [4.78, 5) is 12.6. The van der Waals surface area contributed by atoms with Gasteiger partial charge in [-0.15, -0.1) is 0 Å². The van der Waals surface area contributed by atoms with Gasteiger partial charge in [0.2, 0.25) is 5.91 Å². The van der Waals surface area contributed by atoms with E-state index in [2.05, 4.69) is 44.8 Å². The van der Waals surface area contributed by atoms with Crippen LogP contribution < -0.4 is 10.6 Å². The summed E-state index contributed by atoms with van der Waals surface area (Å²) in [5.74, 6) is 0.0363. The largest absolute Gasteiger partial charge is 0.351 e. The summed E-state index contributed by atoms with van der Waals surface area (Å²) >= 11 is 3.47. The Morgan fingerprint density at radius 2 is 1.96 bits per heavy atom. The fourth-order valence-electron chi connectivity index (χ4n) is 2.87. The number of carbonyl (C=O) groups excluding carboxylic acids is 1. The molecule has 0 bridgehead atoms. The summed E-state index contributed by atoms with van der Waals surface area (Å²) in [7, 11) is 0. The normalized spacial score (nSPS) is 13.7. The maximum Gasteiger partial charge on any atom is 0.230 e. The quantitative estimate of drug-likeness (QED) is 0.859. The summed E-state index contributed by atoms with van der Waals surface area (Å²) in [6.07, 6.45) is 0. The predicted molar refractivity (Wildman–Crippen MR) is 96.0 cm³/mol. The Morgan fingerprint density at radius 3 is 2.74 bits per heavy atom. The highest BCUT2D eigenvalue weighted by atomic mass is 79.9. The van der Waals surface area contributed by atoms with Gasteiger partial charge in [0, 0.05) is 24.1 Å². The van der Waals surface area contributed by atoms with Gasteiger partial charge in [0.05, 0.1) is 5.41 Å². The van der Waals surface area contributed by atoms with Crippen LogP contribution in [-0.4, -0.2) is 5.91 Å². The molecule has 2 aromatic rings. The van der Waals surface area contributed by atoms with E-state index in [0.29, 0.717) is 6.54 Å². The summed E-state index contributed by atoms with van der Waals surface area (Å²) in [5, 5.41) is 6.41. The van der Waals surface area contributed by atoms with Crippen LogP contribution in [0.3, 0.4) is 0 Å². The molecule has 0 saturated heterocycles. The van der Waals surface area contributed by atoms with Crippen LogP contribution in [0.2, 0.25) is 0 Å². The van der Waals surface area contributed by atoms with Crippen molar-refractivity contribution in [2.24, 2.45) is 0 Å². The van der Waals surface area contributed by atoms with Gasteiger partial charge in [-0.3, -0.25) is 4.79 Å². The van der Waals surface area contributed by atoms with Crippen molar-refractivity contribution in [3.8, 4) is 0 Å². The van der Waals surface area contributed by atoms with Gasteiger partial charge in [0.1, 0.15) is 0 Å². The molecular formula is C19H21BrN2O. The Morgan fingerprint density at radius 1 is 1.17 bits per heavy atom. The van der Waals surface area contributed by atoms with Gasteiger partial charge in [-0.1, -0.05) is 46.3 Å². The highest BCUT2D eigenvalue weighted by molar-refractivity contribution is 9.10. The number of hydrogen-bond acceptors (Lipinski definition) is 2. The molecule has 1 heterocycles. The zero-order valence-electron chi connectivity index (χ0n) is 13.4. The molecule has 0 fully saturated rings. The third kappa shape index (κ3) is 3.48. The van der Waals surface area contributed by atoms with Crippen LogP contribution in [0.4, 0.5) is 0 Å². The highest BCUT2D eigenvalue weighted by Gasteiger charge is 2.29. The third-order valence-corrected chi connectivity index (χ3v) is 4.96. The molecule has 2 N–H and O–H groups in total. The Kier molecular flexibility index (Phi) is 4.55. The van der Waals surface area contributed by atoms with Crippen LogP contribution in [0.15, 0.2) is 46.9 Å². The van der Waals surface area contributed by atoms with E-state index < -0.39 is 5.41 Å². The summed E-state index contributed by atoms with van der Waals surface area (Å²) in [5.41, 5.74) is 4.27. The van der Waals surface area contributed by atoms with Crippen molar-refractivity contribution in [1.82, 2.24) is 10.6 Å². The number of amides is 1. The first-order valence-corrected chi connectivity index (χ1v) is 8.62. The molecule has 0 atom stereocenters. The molecule has 0 unspecified atom stereocenters. The van der Waals surface area contributed by atoms with E-state index in [9.17, 15) is 4.79 Å². The maximum absolute atomic E-state index is 12.6. The highest BCUT2D eigenvalue weighted by Crippen LogP contribution is 2.26. The molecular weight excluding hydrogens is 352 g/mol. The summed E-state index contributed by atoms with van der Waals surface area (Å²) in [6, 6.07) is 14.3. The minimum absolute atomic E-state index is 0.0363. The first kappa shape index (κ1) is 16.2. The van der Waals surface area contributed by atoms with Crippen molar-refractivity contribution in [3.63, 3.8) is 0 Å². The molecule has 2 aromatic carbocycles. The Bertz CT molecular complexity index is 740. The van der Waals surface area contributed by atoms with Crippen molar-refractivity contribution in [3.05, 3.63) is 69.2 Å². The van der Waals surface area contributed by atoms with Crippen molar-refractivity contribution in [2.75, 3.05) is 0 Å². The van der Waals surface area contributed by atoms with Gasteiger partial charge < -0.3 is 10.6 Å². The van der Waals surface area contributed by atoms with Crippen LogP contribution in [0.5, 0.6) is 0 Å². The Labute approximate surface area is 145 Å². The lowest BCUT2D eigenvalue weighted by Crippen LogP contribution is -2.39. The zero-order chi connectivity index (χ0) is 16.4. The van der Waals surface area contributed by atoms with Crippen molar-refractivity contribution in [1.29, 1.82) is 0 Å². The van der Waals surface area contributed by atoms with Gasteiger partial charge in [0.25, 0.3) is 0 Å². The second kappa shape index (κ2) is 6.46. The van der Waals surface area contributed by atoms with E-state index in [1.807, 2.05) is 38.1 Å². The fraction of sp³-hybridized carbons (Fsp3) is 0.316. The van der Waals surface area contributed by atoms with Gasteiger partial charge in [-0.2, -0.15) is 0 Å².